The van der Waals surface area contributed by atoms with E-state index in [4.69, 9.17) is 14.2 Å². The van der Waals surface area contributed by atoms with Crippen molar-refractivity contribution in [3.63, 3.8) is 0 Å². The van der Waals surface area contributed by atoms with Gasteiger partial charge in [0.25, 0.3) is 0 Å². The van der Waals surface area contributed by atoms with Crippen LogP contribution >= 0.6 is 0 Å². The summed E-state index contributed by atoms with van der Waals surface area (Å²) in [5.41, 5.74) is 4.79. The topological polar surface area (TPSA) is 68.2 Å². The monoisotopic (exact) mass is 410 g/mol. The second kappa shape index (κ2) is 8.31. The van der Waals surface area contributed by atoms with Gasteiger partial charge < -0.3 is 24.4 Å². The van der Waals surface area contributed by atoms with Crippen LogP contribution in [0.15, 0.2) is 42.5 Å². The van der Waals surface area contributed by atoms with Gasteiger partial charge in [-0.1, -0.05) is 30.3 Å². The average Bonchev–Trinajstić information content (AvgIpc) is 3.16. The summed E-state index contributed by atoms with van der Waals surface area (Å²) in [5.74, 6) is 2.10. The maximum atomic E-state index is 10.1. The molecule has 0 radical (unpaired) electrons. The highest BCUT2D eigenvalue weighted by atomic mass is 16.5. The minimum atomic E-state index is -0.434. The Balaban J connectivity index is 1.26. The Morgan fingerprint density at radius 2 is 1.80 bits per heavy atom. The summed E-state index contributed by atoms with van der Waals surface area (Å²) in [5, 5.41) is 19.6. The van der Waals surface area contributed by atoms with Crippen LogP contribution in [0.5, 0.6) is 5.75 Å². The van der Waals surface area contributed by atoms with E-state index in [9.17, 15) is 10.2 Å². The van der Waals surface area contributed by atoms with Crippen LogP contribution in [-0.2, 0) is 15.9 Å². The van der Waals surface area contributed by atoms with Gasteiger partial charge in [-0.2, -0.15) is 0 Å². The molecule has 3 fully saturated rings. The van der Waals surface area contributed by atoms with Gasteiger partial charge in [0.1, 0.15) is 11.9 Å². The molecular formula is C25H30O5. The van der Waals surface area contributed by atoms with Crippen molar-refractivity contribution in [1.29, 1.82) is 0 Å². The molecule has 0 bridgehead atoms. The predicted molar refractivity (Wildman–Crippen MR) is 113 cm³/mol. The first kappa shape index (κ1) is 20.0. The van der Waals surface area contributed by atoms with Crippen molar-refractivity contribution in [2.24, 2.45) is 11.8 Å². The van der Waals surface area contributed by atoms with Crippen LogP contribution in [-0.4, -0.2) is 48.3 Å². The van der Waals surface area contributed by atoms with E-state index in [1.807, 2.05) is 0 Å². The van der Waals surface area contributed by atoms with Gasteiger partial charge in [0.2, 0.25) is 0 Å². The zero-order valence-electron chi connectivity index (χ0n) is 17.4. The number of aliphatic hydroxyl groups excluding tert-OH is 2. The Hall–Kier alpha value is -1.92. The van der Waals surface area contributed by atoms with Crippen molar-refractivity contribution in [3.05, 3.63) is 64.7 Å². The van der Waals surface area contributed by atoms with E-state index < -0.39 is 6.10 Å². The molecule has 160 valence electrons. The Morgan fingerprint density at radius 1 is 1.03 bits per heavy atom. The van der Waals surface area contributed by atoms with Crippen molar-refractivity contribution in [2.45, 2.75) is 50.6 Å². The summed E-state index contributed by atoms with van der Waals surface area (Å²) in [6.07, 6.45) is 1.32. The lowest BCUT2D eigenvalue weighted by Gasteiger charge is -2.32. The zero-order valence-corrected chi connectivity index (χ0v) is 17.4. The van der Waals surface area contributed by atoms with E-state index >= 15 is 0 Å². The Bertz CT molecular complexity index is 870. The number of hydrogen-bond donors (Lipinski definition) is 2. The molecule has 2 aromatic carbocycles. The summed E-state index contributed by atoms with van der Waals surface area (Å²) in [6, 6.07) is 14.8. The highest BCUT2D eigenvalue weighted by molar-refractivity contribution is 5.38. The van der Waals surface area contributed by atoms with Crippen molar-refractivity contribution in [3.8, 4) is 5.75 Å². The largest absolute Gasteiger partial charge is 0.490 e. The average molecular weight is 411 g/mol. The maximum Gasteiger partial charge on any atom is 0.119 e. The Labute approximate surface area is 177 Å². The molecule has 5 nitrogen and oxygen atoms in total. The molecule has 2 saturated heterocycles. The summed E-state index contributed by atoms with van der Waals surface area (Å²) in [7, 11) is 0. The molecule has 1 aliphatic carbocycles. The van der Waals surface area contributed by atoms with Gasteiger partial charge in [0, 0.05) is 24.7 Å². The minimum Gasteiger partial charge on any atom is -0.490 e. The van der Waals surface area contributed by atoms with Gasteiger partial charge >= 0.3 is 0 Å². The van der Waals surface area contributed by atoms with Gasteiger partial charge in [-0.3, -0.25) is 0 Å². The first-order valence-electron chi connectivity index (χ1n) is 11.0. The van der Waals surface area contributed by atoms with E-state index in [0.717, 1.165) is 30.9 Å². The van der Waals surface area contributed by atoms with Crippen LogP contribution < -0.4 is 4.74 Å². The molecule has 2 aromatic rings. The van der Waals surface area contributed by atoms with Crippen molar-refractivity contribution >= 4 is 0 Å². The van der Waals surface area contributed by atoms with Gasteiger partial charge in [0.15, 0.2) is 0 Å². The van der Waals surface area contributed by atoms with Crippen molar-refractivity contribution in [1.82, 2.24) is 0 Å². The maximum absolute atomic E-state index is 10.1. The summed E-state index contributed by atoms with van der Waals surface area (Å²) < 4.78 is 17.5. The number of aryl methyl sites for hydroxylation is 1. The fourth-order valence-corrected chi connectivity index (χ4v) is 4.83. The molecule has 3 aliphatic rings. The smallest absolute Gasteiger partial charge is 0.119 e. The number of ether oxygens (including phenoxy) is 3. The van der Waals surface area contributed by atoms with Gasteiger partial charge in [0.05, 0.1) is 38.1 Å². The molecule has 2 aliphatic heterocycles. The van der Waals surface area contributed by atoms with Crippen molar-refractivity contribution in [2.75, 3.05) is 19.8 Å². The SMILES string of the molecule is Cc1ccc(C2CC(O)CC(CO)O2)cc1Cc1ccc(OC2C3COCC32)cc1. The highest BCUT2D eigenvalue weighted by Crippen LogP contribution is 2.46. The molecule has 5 rings (SSSR count). The number of fused-ring (bicyclic) bond motifs is 1. The summed E-state index contributed by atoms with van der Waals surface area (Å²) >= 11 is 0. The molecule has 2 heterocycles. The van der Waals surface area contributed by atoms with Crippen LogP contribution in [0.25, 0.3) is 0 Å². The fourth-order valence-electron chi connectivity index (χ4n) is 4.83. The van der Waals surface area contributed by atoms with E-state index in [1.54, 1.807) is 0 Å². The molecule has 2 N–H and O–H groups in total. The van der Waals surface area contributed by atoms with E-state index in [1.165, 1.54) is 16.7 Å². The minimum absolute atomic E-state index is 0.0595. The summed E-state index contributed by atoms with van der Waals surface area (Å²) in [4.78, 5) is 0. The molecule has 0 aromatic heterocycles. The number of hydrogen-bond acceptors (Lipinski definition) is 5. The first-order valence-corrected chi connectivity index (χ1v) is 11.0. The third kappa shape index (κ3) is 4.12. The number of aliphatic hydroxyl groups is 2. The third-order valence-electron chi connectivity index (χ3n) is 6.79. The molecule has 0 spiro atoms. The molecule has 5 atom stereocenters. The lowest BCUT2D eigenvalue weighted by Crippen LogP contribution is -2.33. The fraction of sp³-hybridized carbons (Fsp3) is 0.520. The van der Waals surface area contributed by atoms with Crippen LogP contribution in [0.1, 0.15) is 41.2 Å². The normalized spacial score (nSPS) is 32.6. The first-order chi connectivity index (χ1) is 14.6. The number of rotatable bonds is 6. The second-order valence-corrected chi connectivity index (χ2v) is 9.01. The molecule has 30 heavy (non-hydrogen) atoms. The van der Waals surface area contributed by atoms with Crippen LogP contribution in [0.4, 0.5) is 0 Å². The second-order valence-electron chi connectivity index (χ2n) is 9.01. The standard InChI is InChI=1S/C25H30O5/c1-15-2-5-17(24-11-19(27)10-21(12-26)29-24)9-18(15)8-16-3-6-20(7-4-16)30-25-22-13-28-14-23(22)25/h2-7,9,19,21-27H,8,10-14H2,1H3. The van der Waals surface area contributed by atoms with Crippen molar-refractivity contribution < 1.29 is 24.4 Å². The zero-order chi connectivity index (χ0) is 20.7. The predicted octanol–water partition coefficient (Wildman–Crippen LogP) is 3.18. The Kier molecular flexibility index (Phi) is 5.54. The lowest BCUT2D eigenvalue weighted by atomic mass is 9.92. The van der Waals surface area contributed by atoms with Gasteiger partial charge in [-0.05, 0) is 47.7 Å². The van der Waals surface area contributed by atoms with Gasteiger partial charge in [-0.25, -0.2) is 0 Å². The molecule has 1 saturated carbocycles. The molecule has 5 unspecified atom stereocenters. The van der Waals surface area contributed by atoms with E-state index in [-0.39, 0.29) is 18.8 Å². The summed E-state index contributed by atoms with van der Waals surface area (Å²) in [6.45, 7) is 3.74. The third-order valence-corrected chi connectivity index (χ3v) is 6.79. The molecular weight excluding hydrogens is 380 g/mol. The highest BCUT2D eigenvalue weighted by Gasteiger charge is 2.56. The Morgan fingerprint density at radius 3 is 2.53 bits per heavy atom. The number of benzene rings is 2. The van der Waals surface area contributed by atoms with Crippen LogP contribution in [0, 0.1) is 18.8 Å². The van der Waals surface area contributed by atoms with Crippen LogP contribution in [0.2, 0.25) is 0 Å². The van der Waals surface area contributed by atoms with E-state index in [2.05, 4.69) is 49.4 Å². The van der Waals surface area contributed by atoms with E-state index in [0.29, 0.717) is 30.8 Å². The quantitative estimate of drug-likeness (QED) is 0.766. The van der Waals surface area contributed by atoms with Crippen LogP contribution in [0.3, 0.4) is 0 Å². The van der Waals surface area contributed by atoms with Gasteiger partial charge in [-0.15, -0.1) is 0 Å². The molecule has 5 heteroatoms. The molecule has 0 amide bonds. The lowest BCUT2D eigenvalue weighted by molar-refractivity contribution is -0.113.